The molecule has 0 saturated carbocycles. The Morgan fingerprint density at radius 1 is 1.32 bits per heavy atom. The molecule has 2 rings (SSSR count). The van der Waals surface area contributed by atoms with Gasteiger partial charge in [-0.05, 0) is 24.6 Å². The topological polar surface area (TPSA) is 24.5 Å². The van der Waals surface area contributed by atoms with Crippen molar-refractivity contribution in [1.29, 1.82) is 0 Å². The van der Waals surface area contributed by atoms with Crippen molar-refractivity contribution < 1.29 is 4.74 Å². The highest BCUT2D eigenvalue weighted by molar-refractivity contribution is 5.21. The van der Waals surface area contributed by atoms with Gasteiger partial charge in [-0.25, -0.2) is 0 Å². The molecule has 0 spiro atoms. The summed E-state index contributed by atoms with van der Waals surface area (Å²) in [6.07, 6.45) is 3.43. The van der Waals surface area contributed by atoms with Crippen molar-refractivity contribution in [3.8, 4) is 0 Å². The number of likely N-dealkylation sites (N-methyl/N-ethyl adjacent to an activating group) is 1. The summed E-state index contributed by atoms with van der Waals surface area (Å²) >= 11 is 0. The van der Waals surface area contributed by atoms with E-state index in [-0.39, 0.29) is 0 Å². The van der Waals surface area contributed by atoms with Gasteiger partial charge < -0.3 is 10.1 Å². The lowest BCUT2D eigenvalue weighted by molar-refractivity contribution is 0.187. The Balaban J connectivity index is 2.05. The molecule has 0 radical (unpaired) electrons. The second kappa shape index (κ2) is 7.43. The largest absolute Gasteiger partial charge is 0.380 e. The van der Waals surface area contributed by atoms with Gasteiger partial charge in [-0.1, -0.05) is 36.4 Å². The summed E-state index contributed by atoms with van der Waals surface area (Å²) < 4.78 is 5.21. The molecule has 19 heavy (non-hydrogen) atoms. The minimum absolute atomic E-state index is 0.451. The van der Waals surface area contributed by atoms with Crippen molar-refractivity contribution in [3.63, 3.8) is 0 Å². The average Bonchev–Trinajstić information content (AvgIpc) is 2.47. The molecule has 0 saturated heterocycles. The number of methoxy groups -OCH3 is 1. The molecule has 0 fully saturated rings. The van der Waals surface area contributed by atoms with E-state index in [1.165, 1.54) is 11.1 Å². The first-order valence-electron chi connectivity index (χ1n) is 6.95. The van der Waals surface area contributed by atoms with Crippen molar-refractivity contribution in [2.45, 2.75) is 12.5 Å². The molecular weight excluding hydrogens is 236 g/mol. The lowest BCUT2D eigenvalue weighted by Gasteiger charge is -2.34. The molecule has 1 aliphatic heterocycles. The molecule has 0 aromatic heterocycles. The molecule has 0 bridgehead atoms. The molecule has 3 heteroatoms. The van der Waals surface area contributed by atoms with E-state index in [1.54, 1.807) is 7.11 Å². The fourth-order valence-corrected chi connectivity index (χ4v) is 2.65. The fraction of sp³-hybridized carbons (Fsp3) is 0.500. The first-order chi connectivity index (χ1) is 9.35. The van der Waals surface area contributed by atoms with Gasteiger partial charge in [-0.2, -0.15) is 0 Å². The molecule has 0 amide bonds. The second-order valence-electron chi connectivity index (χ2n) is 5.02. The predicted molar refractivity (Wildman–Crippen MR) is 79.3 cm³/mol. The van der Waals surface area contributed by atoms with E-state index in [2.05, 4.69) is 46.6 Å². The Kier molecular flexibility index (Phi) is 5.58. The van der Waals surface area contributed by atoms with Crippen LogP contribution in [0.2, 0.25) is 0 Å². The zero-order valence-electron chi connectivity index (χ0n) is 11.9. The van der Waals surface area contributed by atoms with Crippen molar-refractivity contribution in [2.24, 2.45) is 0 Å². The fourth-order valence-electron chi connectivity index (χ4n) is 2.65. The first kappa shape index (κ1) is 14.3. The van der Waals surface area contributed by atoms with Gasteiger partial charge in [0.15, 0.2) is 0 Å². The van der Waals surface area contributed by atoms with Crippen LogP contribution in [0.3, 0.4) is 0 Å². The Bertz CT molecular complexity index is 402. The Morgan fingerprint density at radius 2 is 2.11 bits per heavy atom. The van der Waals surface area contributed by atoms with E-state index in [1.807, 2.05) is 7.05 Å². The van der Waals surface area contributed by atoms with E-state index >= 15 is 0 Å². The molecular formula is C16H24N2O. The van der Waals surface area contributed by atoms with Gasteiger partial charge in [0.05, 0.1) is 6.61 Å². The van der Waals surface area contributed by atoms with Crippen LogP contribution in [-0.4, -0.2) is 45.3 Å². The predicted octanol–water partition coefficient (Wildman–Crippen LogP) is 2.23. The molecule has 1 N–H and O–H groups in total. The van der Waals surface area contributed by atoms with Crippen LogP contribution in [0.4, 0.5) is 0 Å². The van der Waals surface area contributed by atoms with Crippen LogP contribution in [0.1, 0.15) is 18.0 Å². The highest BCUT2D eigenvalue weighted by atomic mass is 16.5. The van der Waals surface area contributed by atoms with Crippen molar-refractivity contribution in [2.75, 3.05) is 40.4 Å². The number of hydrogen-bond donors (Lipinski definition) is 1. The molecule has 1 aromatic rings. The van der Waals surface area contributed by atoms with E-state index in [9.17, 15) is 0 Å². The van der Waals surface area contributed by atoms with Gasteiger partial charge in [-0.3, -0.25) is 4.90 Å². The van der Waals surface area contributed by atoms with Gasteiger partial charge in [0.2, 0.25) is 0 Å². The lowest BCUT2D eigenvalue weighted by Crippen LogP contribution is -2.38. The third-order valence-corrected chi connectivity index (χ3v) is 3.69. The summed E-state index contributed by atoms with van der Waals surface area (Å²) in [4.78, 5) is 2.53. The maximum Gasteiger partial charge on any atom is 0.0673 e. The van der Waals surface area contributed by atoms with Crippen molar-refractivity contribution >= 4 is 0 Å². The van der Waals surface area contributed by atoms with E-state index in [4.69, 9.17) is 4.74 Å². The summed E-state index contributed by atoms with van der Waals surface area (Å²) in [5.74, 6) is 0. The van der Waals surface area contributed by atoms with Gasteiger partial charge >= 0.3 is 0 Å². The Morgan fingerprint density at radius 3 is 2.68 bits per heavy atom. The number of nitrogens with zero attached hydrogens (tertiary/aromatic N) is 1. The second-order valence-corrected chi connectivity index (χ2v) is 5.02. The maximum atomic E-state index is 5.21. The van der Waals surface area contributed by atoms with Crippen LogP contribution < -0.4 is 5.32 Å². The van der Waals surface area contributed by atoms with E-state index < -0.39 is 0 Å². The van der Waals surface area contributed by atoms with Crippen molar-refractivity contribution in [1.82, 2.24) is 10.2 Å². The minimum atomic E-state index is 0.451. The summed E-state index contributed by atoms with van der Waals surface area (Å²) in [6.45, 7) is 3.88. The number of nitrogens with one attached hydrogen (secondary N) is 1. The smallest absolute Gasteiger partial charge is 0.0673 e. The SMILES string of the molecule is CNCC(c1ccccc1)N1CC=C(COC)CC1. The minimum Gasteiger partial charge on any atom is -0.380 e. The van der Waals surface area contributed by atoms with Gasteiger partial charge in [-0.15, -0.1) is 0 Å². The monoisotopic (exact) mass is 260 g/mol. The third-order valence-electron chi connectivity index (χ3n) is 3.69. The van der Waals surface area contributed by atoms with Crippen LogP contribution >= 0.6 is 0 Å². The Labute approximate surface area is 116 Å². The summed E-state index contributed by atoms with van der Waals surface area (Å²) in [5, 5.41) is 3.31. The average molecular weight is 260 g/mol. The Hall–Kier alpha value is -1.16. The summed E-state index contributed by atoms with van der Waals surface area (Å²) in [5.41, 5.74) is 2.82. The molecule has 1 atom stereocenters. The molecule has 3 nitrogen and oxygen atoms in total. The zero-order valence-corrected chi connectivity index (χ0v) is 11.9. The normalized spacial score (nSPS) is 18.1. The molecule has 1 unspecified atom stereocenters. The zero-order chi connectivity index (χ0) is 13.5. The highest BCUT2D eigenvalue weighted by Crippen LogP contribution is 2.23. The van der Waals surface area contributed by atoms with Crippen LogP contribution in [0.25, 0.3) is 0 Å². The van der Waals surface area contributed by atoms with Crippen LogP contribution in [0.5, 0.6) is 0 Å². The van der Waals surface area contributed by atoms with Gasteiger partial charge in [0.1, 0.15) is 0 Å². The van der Waals surface area contributed by atoms with Crippen molar-refractivity contribution in [3.05, 3.63) is 47.5 Å². The van der Waals surface area contributed by atoms with Crippen LogP contribution in [0.15, 0.2) is 42.0 Å². The number of benzene rings is 1. The van der Waals surface area contributed by atoms with Gasteiger partial charge in [0, 0.05) is 32.8 Å². The third kappa shape index (κ3) is 3.90. The molecule has 1 heterocycles. The molecule has 104 valence electrons. The van der Waals surface area contributed by atoms with E-state index in [0.717, 1.165) is 32.7 Å². The highest BCUT2D eigenvalue weighted by Gasteiger charge is 2.21. The summed E-state index contributed by atoms with van der Waals surface area (Å²) in [6, 6.07) is 11.2. The molecule has 1 aromatic carbocycles. The molecule has 1 aliphatic rings. The van der Waals surface area contributed by atoms with Gasteiger partial charge in [0.25, 0.3) is 0 Å². The maximum absolute atomic E-state index is 5.21. The summed E-state index contributed by atoms with van der Waals surface area (Å²) in [7, 11) is 3.78. The standard InChI is InChI=1S/C16H24N2O/c1-17-12-16(15-6-4-3-5-7-15)18-10-8-14(9-11-18)13-19-2/h3-8,16-17H,9-13H2,1-2H3. The van der Waals surface area contributed by atoms with Crippen LogP contribution in [0, 0.1) is 0 Å². The van der Waals surface area contributed by atoms with Crippen LogP contribution in [-0.2, 0) is 4.74 Å². The lowest BCUT2D eigenvalue weighted by atomic mass is 10.0. The van der Waals surface area contributed by atoms with E-state index in [0.29, 0.717) is 6.04 Å². The number of hydrogen-bond acceptors (Lipinski definition) is 3. The first-order valence-corrected chi connectivity index (χ1v) is 6.95. The number of ether oxygens (including phenoxy) is 1. The quantitative estimate of drug-likeness (QED) is 0.794. The number of rotatable bonds is 6. The molecule has 0 aliphatic carbocycles.